The van der Waals surface area contributed by atoms with Crippen LogP contribution in [0.1, 0.15) is 24.4 Å². The predicted octanol–water partition coefficient (Wildman–Crippen LogP) is 1.67. The Labute approximate surface area is 132 Å². The molecule has 1 aliphatic heterocycles. The van der Waals surface area contributed by atoms with Crippen molar-refractivity contribution >= 4 is 18.3 Å². The summed E-state index contributed by atoms with van der Waals surface area (Å²) in [6.45, 7) is 0.921. The van der Waals surface area contributed by atoms with Gasteiger partial charge in [-0.2, -0.15) is 0 Å². The predicted molar refractivity (Wildman–Crippen MR) is 77.1 cm³/mol. The van der Waals surface area contributed by atoms with Gasteiger partial charge in [0.25, 0.3) is 0 Å². The lowest BCUT2D eigenvalue weighted by Gasteiger charge is -2.25. The highest BCUT2D eigenvalue weighted by Gasteiger charge is 2.24. The number of benzene rings is 1. The summed E-state index contributed by atoms with van der Waals surface area (Å²) in [5, 5.41) is 15.0. The van der Waals surface area contributed by atoms with Crippen molar-refractivity contribution in [3.05, 3.63) is 35.1 Å². The van der Waals surface area contributed by atoms with Crippen LogP contribution in [0.5, 0.6) is 0 Å². The first kappa shape index (κ1) is 18.7. The van der Waals surface area contributed by atoms with Crippen LogP contribution in [0.4, 0.5) is 13.2 Å². The third kappa shape index (κ3) is 4.34. The molecule has 2 rings (SSSR count). The van der Waals surface area contributed by atoms with Gasteiger partial charge in [0, 0.05) is 5.92 Å². The molecule has 1 heterocycles. The molecule has 1 aliphatic rings. The Morgan fingerprint density at radius 2 is 1.82 bits per heavy atom. The number of halogens is 4. The average molecular weight is 339 g/mol. The summed E-state index contributed by atoms with van der Waals surface area (Å²) in [6, 6.07) is 0.598. The number of carbonyl (C=O) groups excluding carboxylic acids is 1. The molecule has 0 aromatic heterocycles. The monoisotopic (exact) mass is 338 g/mol. The van der Waals surface area contributed by atoms with Crippen LogP contribution in [0.15, 0.2) is 12.1 Å². The zero-order chi connectivity index (χ0) is 15.4. The second kappa shape index (κ2) is 8.36. The molecule has 1 amide bonds. The fourth-order valence-electron chi connectivity index (χ4n) is 2.38. The fourth-order valence-corrected chi connectivity index (χ4v) is 2.38. The number of hydrogen-bond donors (Lipinski definition) is 3. The van der Waals surface area contributed by atoms with E-state index in [9.17, 15) is 23.1 Å². The van der Waals surface area contributed by atoms with Crippen molar-refractivity contribution in [2.45, 2.75) is 18.9 Å². The molecule has 1 unspecified atom stereocenters. The van der Waals surface area contributed by atoms with E-state index in [4.69, 9.17) is 0 Å². The molecule has 0 aliphatic carbocycles. The Kier molecular flexibility index (Phi) is 7.12. The standard InChI is InChI=1S/C14H17F3N2O2.ClH/c15-10-5-9(6-11(16)13(10)17)12(7-20)19-14(21)8-1-3-18-4-2-8;/h5-6,8,12,18,20H,1-4,7H2,(H,19,21);1H. The van der Waals surface area contributed by atoms with Gasteiger partial charge < -0.3 is 15.7 Å². The van der Waals surface area contributed by atoms with Crippen molar-refractivity contribution in [1.82, 2.24) is 10.6 Å². The summed E-state index contributed by atoms with van der Waals surface area (Å²) in [6.07, 6.45) is 1.33. The smallest absolute Gasteiger partial charge is 0.223 e. The Balaban J connectivity index is 0.00000242. The third-order valence-corrected chi connectivity index (χ3v) is 3.62. The third-order valence-electron chi connectivity index (χ3n) is 3.62. The molecular weight excluding hydrogens is 321 g/mol. The maximum absolute atomic E-state index is 13.2. The number of aliphatic hydroxyl groups excluding tert-OH is 1. The van der Waals surface area contributed by atoms with Crippen LogP contribution in [-0.4, -0.2) is 30.7 Å². The number of hydrogen-bond acceptors (Lipinski definition) is 3. The van der Waals surface area contributed by atoms with Gasteiger partial charge >= 0.3 is 0 Å². The largest absolute Gasteiger partial charge is 0.394 e. The number of carbonyl (C=O) groups is 1. The summed E-state index contributed by atoms with van der Waals surface area (Å²) in [4.78, 5) is 12.1. The number of piperidine rings is 1. The van der Waals surface area contributed by atoms with E-state index < -0.39 is 30.1 Å². The molecule has 3 N–H and O–H groups in total. The average Bonchev–Trinajstić information content (AvgIpc) is 2.50. The second-order valence-electron chi connectivity index (χ2n) is 5.07. The van der Waals surface area contributed by atoms with Gasteiger partial charge in [-0.25, -0.2) is 13.2 Å². The van der Waals surface area contributed by atoms with E-state index in [-0.39, 0.29) is 29.8 Å². The van der Waals surface area contributed by atoms with Gasteiger partial charge in [0.1, 0.15) is 0 Å². The number of nitrogens with one attached hydrogen (secondary N) is 2. The normalized spacial score (nSPS) is 16.7. The quantitative estimate of drug-likeness (QED) is 0.732. The molecule has 0 bridgehead atoms. The van der Waals surface area contributed by atoms with Crippen LogP contribution in [-0.2, 0) is 4.79 Å². The van der Waals surface area contributed by atoms with E-state index in [0.717, 1.165) is 25.2 Å². The van der Waals surface area contributed by atoms with Gasteiger partial charge in [0.05, 0.1) is 12.6 Å². The lowest BCUT2D eigenvalue weighted by molar-refractivity contribution is -0.126. The maximum Gasteiger partial charge on any atom is 0.223 e. The topological polar surface area (TPSA) is 61.4 Å². The molecule has 1 fully saturated rings. The van der Waals surface area contributed by atoms with E-state index >= 15 is 0 Å². The molecule has 1 atom stereocenters. The summed E-state index contributed by atoms with van der Waals surface area (Å²) in [5.41, 5.74) is -0.00353. The number of aliphatic hydroxyl groups is 1. The lowest BCUT2D eigenvalue weighted by atomic mass is 9.96. The van der Waals surface area contributed by atoms with Crippen molar-refractivity contribution in [1.29, 1.82) is 0 Å². The molecule has 1 aromatic carbocycles. The molecule has 1 aromatic rings. The molecule has 0 saturated carbocycles. The van der Waals surface area contributed by atoms with Crippen LogP contribution >= 0.6 is 12.4 Å². The first-order chi connectivity index (χ1) is 10.0. The van der Waals surface area contributed by atoms with E-state index in [0.29, 0.717) is 12.8 Å². The zero-order valence-corrected chi connectivity index (χ0v) is 12.6. The van der Waals surface area contributed by atoms with Gasteiger partial charge in [-0.15, -0.1) is 12.4 Å². The number of amides is 1. The van der Waals surface area contributed by atoms with Gasteiger partial charge in [-0.05, 0) is 43.6 Å². The van der Waals surface area contributed by atoms with Crippen molar-refractivity contribution in [3.63, 3.8) is 0 Å². The van der Waals surface area contributed by atoms with E-state index in [1.165, 1.54) is 0 Å². The van der Waals surface area contributed by atoms with E-state index in [2.05, 4.69) is 10.6 Å². The summed E-state index contributed by atoms with van der Waals surface area (Å²) in [5.74, 6) is -4.74. The summed E-state index contributed by atoms with van der Waals surface area (Å²) in [7, 11) is 0. The zero-order valence-electron chi connectivity index (χ0n) is 11.7. The first-order valence-electron chi connectivity index (χ1n) is 6.79. The Morgan fingerprint density at radius 1 is 1.27 bits per heavy atom. The fraction of sp³-hybridized carbons (Fsp3) is 0.500. The molecule has 22 heavy (non-hydrogen) atoms. The molecule has 124 valence electrons. The van der Waals surface area contributed by atoms with Gasteiger partial charge in [-0.1, -0.05) is 0 Å². The van der Waals surface area contributed by atoms with Gasteiger partial charge in [0.2, 0.25) is 5.91 Å². The van der Waals surface area contributed by atoms with Crippen LogP contribution in [0, 0.1) is 23.4 Å². The minimum Gasteiger partial charge on any atom is -0.394 e. The SMILES string of the molecule is Cl.O=C(NC(CO)c1cc(F)c(F)c(F)c1)C1CCNCC1. The van der Waals surface area contributed by atoms with Gasteiger partial charge in [-0.3, -0.25) is 4.79 Å². The maximum atomic E-state index is 13.2. The lowest BCUT2D eigenvalue weighted by Crippen LogP contribution is -2.40. The first-order valence-corrected chi connectivity index (χ1v) is 6.79. The minimum atomic E-state index is -1.57. The summed E-state index contributed by atoms with van der Waals surface area (Å²) < 4.78 is 39.3. The van der Waals surface area contributed by atoms with Gasteiger partial charge in [0.15, 0.2) is 17.5 Å². The van der Waals surface area contributed by atoms with E-state index in [1.54, 1.807) is 0 Å². The highest BCUT2D eigenvalue weighted by atomic mass is 35.5. The van der Waals surface area contributed by atoms with Crippen LogP contribution < -0.4 is 10.6 Å². The highest BCUT2D eigenvalue weighted by Crippen LogP contribution is 2.20. The molecule has 0 radical (unpaired) electrons. The van der Waals surface area contributed by atoms with Crippen LogP contribution in [0.3, 0.4) is 0 Å². The minimum absolute atomic E-state index is 0. The van der Waals surface area contributed by atoms with Crippen molar-refractivity contribution in [2.24, 2.45) is 5.92 Å². The highest BCUT2D eigenvalue weighted by molar-refractivity contribution is 5.85. The van der Waals surface area contributed by atoms with Crippen LogP contribution in [0.2, 0.25) is 0 Å². The van der Waals surface area contributed by atoms with Crippen LogP contribution in [0.25, 0.3) is 0 Å². The molecule has 1 saturated heterocycles. The Hall–Kier alpha value is -1.31. The van der Waals surface area contributed by atoms with Crippen molar-refractivity contribution < 1.29 is 23.1 Å². The molecular formula is C14H18ClF3N2O2. The Morgan fingerprint density at radius 3 is 2.32 bits per heavy atom. The molecule has 4 nitrogen and oxygen atoms in total. The van der Waals surface area contributed by atoms with E-state index in [1.807, 2.05) is 0 Å². The number of rotatable bonds is 4. The molecule has 8 heteroatoms. The summed E-state index contributed by atoms with van der Waals surface area (Å²) >= 11 is 0. The molecule has 0 spiro atoms. The second-order valence-corrected chi connectivity index (χ2v) is 5.07. The Bertz CT molecular complexity index is 502. The van der Waals surface area contributed by atoms with Crippen molar-refractivity contribution in [3.8, 4) is 0 Å². The van der Waals surface area contributed by atoms with Crippen molar-refractivity contribution in [2.75, 3.05) is 19.7 Å².